The Labute approximate surface area is 208 Å². The van der Waals surface area contributed by atoms with E-state index in [1.165, 1.54) is 18.4 Å². The van der Waals surface area contributed by atoms with Crippen molar-refractivity contribution in [3.8, 4) is 0 Å². The molecule has 1 atom stereocenters. The third kappa shape index (κ3) is 13.8. The third-order valence-electron chi connectivity index (χ3n) is 5.29. The van der Waals surface area contributed by atoms with Gasteiger partial charge < -0.3 is 14.4 Å². The van der Waals surface area contributed by atoms with Crippen LogP contribution in [0.2, 0.25) is 0 Å². The highest BCUT2D eigenvalue weighted by atomic mass is 16.5. The maximum absolute atomic E-state index is 12.2. The van der Waals surface area contributed by atoms with E-state index < -0.39 is 0 Å². The molecule has 0 fully saturated rings. The van der Waals surface area contributed by atoms with E-state index in [0.29, 0.717) is 25.4 Å². The summed E-state index contributed by atoms with van der Waals surface area (Å²) < 4.78 is 10.7. The first-order valence-electron chi connectivity index (χ1n) is 12.1. The Morgan fingerprint density at radius 2 is 1.79 bits per heavy atom. The first-order chi connectivity index (χ1) is 16.2. The Morgan fingerprint density at radius 3 is 2.26 bits per heavy atom. The van der Waals surface area contributed by atoms with Gasteiger partial charge in [-0.25, -0.2) is 0 Å². The highest BCUT2D eigenvalue weighted by molar-refractivity contribution is 5.79. The second-order valence-corrected chi connectivity index (χ2v) is 8.32. The molecule has 5 nitrogen and oxygen atoms in total. The van der Waals surface area contributed by atoms with Gasteiger partial charge in [0.25, 0.3) is 0 Å². The van der Waals surface area contributed by atoms with Crippen LogP contribution >= 0.6 is 0 Å². The van der Waals surface area contributed by atoms with Crippen molar-refractivity contribution in [2.45, 2.75) is 66.5 Å². The molecule has 0 spiro atoms. The van der Waals surface area contributed by atoms with Crippen LogP contribution in [0.5, 0.6) is 0 Å². The first kappa shape index (κ1) is 31.4. The van der Waals surface area contributed by atoms with E-state index in [1.807, 2.05) is 26.0 Å². The third-order valence-corrected chi connectivity index (χ3v) is 5.29. The predicted molar refractivity (Wildman–Crippen MR) is 144 cm³/mol. The summed E-state index contributed by atoms with van der Waals surface area (Å²) >= 11 is 0. The molecular formula is C29H46N2O3. The van der Waals surface area contributed by atoms with Crippen LogP contribution in [0.1, 0.15) is 58.1 Å². The van der Waals surface area contributed by atoms with Crippen LogP contribution in [0.15, 0.2) is 72.8 Å². The number of carbonyl (C=O) groups excluding carboxylic acids is 1. The van der Waals surface area contributed by atoms with Crippen LogP contribution in [0.3, 0.4) is 0 Å². The van der Waals surface area contributed by atoms with Crippen molar-refractivity contribution in [1.82, 2.24) is 9.80 Å². The number of carbonyl (C=O) groups is 1. The number of rotatable bonds is 13. The van der Waals surface area contributed by atoms with Gasteiger partial charge in [0, 0.05) is 24.4 Å². The molecule has 34 heavy (non-hydrogen) atoms. The first-order valence-corrected chi connectivity index (χ1v) is 12.1. The van der Waals surface area contributed by atoms with Gasteiger partial charge in [-0.1, -0.05) is 62.8 Å². The molecule has 1 rings (SSSR count). The van der Waals surface area contributed by atoms with Crippen molar-refractivity contribution in [3.63, 3.8) is 0 Å². The van der Waals surface area contributed by atoms with Gasteiger partial charge >= 0.3 is 0 Å². The molecule has 0 saturated carbocycles. The standard InChI is InChI=1S/C22H29NO3.C7H17N/c1-6-21(14-11-19(4)25-5)23(22(24)7-2)15-8-16-26-17-20-12-9-18(3)10-13-20;1-5-6-7(2)8(3)4/h6,8-15H,4,7,16-17H2,1-3,5H3;7H,5-6H2,1-4H3/b14-11-,15-8-,21-6+;. The molecule has 5 heteroatoms. The van der Waals surface area contributed by atoms with Crippen molar-refractivity contribution in [3.05, 3.63) is 83.9 Å². The quantitative estimate of drug-likeness (QED) is 0.185. The van der Waals surface area contributed by atoms with Crippen molar-refractivity contribution >= 4 is 5.91 Å². The summed E-state index contributed by atoms with van der Waals surface area (Å²) in [7, 11) is 5.81. The molecule has 0 saturated heterocycles. The Bertz CT molecular complexity index is 792. The van der Waals surface area contributed by atoms with Crippen LogP contribution in [0.4, 0.5) is 0 Å². The summed E-state index contributed by atoms with van der Waals surface area (Å²) in [4.78, 5) is 16.1. The number of hydrogen-bond acceptors (Lipinski definition) is 4. The number of benzene rings is 1. The molecule has 1 aromatic carbocycles. The van der Waals surface area contributed by atoms with Gasteiger partial charge in [-0.3, -0.25) is 9.69 Å². The molecule has 0 heterocycles. The number of methoxy groups -OCH3 is 1. The smallest absolute Gasteiger partial charge is 0.230 e. The Hall–Kier alpha value is -2.63. The average molecular weight is 471 g/mol. The second-order valence-electron chi connectivity index (χ2n) is 8.32. The molecule has 0 N–H and O–H groups in total. The maximum atomic E-state index is 12.2. The zero-order valence-electron chi connectivity index (χ0n) is 22.6. The minimum Gasteiger partial charge on any atom is -0.497 e. The van der Waals surface area contributed by atoms with Gasteiger partial charge in [0.05, 0.1) is 20.3 Å². The Morgan fingerprint density at radius 1 is 1.15 bits per heavy atom. The van der Waals surface area contributed by atoms with E-state index in [-0.39, 0.29) is 5.91 Å². The summed E-state index contributed by atoms with van der Waals surface area (Å²) in [5.41, 5.74) is 3.11. The van der Waals surface area contributed by atoms with Crippen molar-refractivity contribution in [2.75, 3.05) is 27.8 Å². The van der Waals surface area contributed by atoms with E-state index >= 15 is 0 Å². The Kier molecular flexibility index (Phi) is 17.3. The van der Waals surface area contributed by atoms with Crippen molar-refractivity contribution in [1.29, 1.82) is 0 Å². The molecule has 0 aliphatic rings. The lowest BCUT2D eigenvalue weighted by Gasteiger charge is -2.19. The monoisotopic (exact) mass is 470 g/mol. The highest BCUT2D eigenvalue weighted by Crippen LogP contribution is 2.12. The zero-order chi connectivity index (χ0) is 25.9. The van der Waals surface area contributed by atoms with E-state index in [9.17, 15) is 4.79 Å². The van der Waals surface area contributed by atoms with Gasteiger partial charge in [0.15, 0.2) is 0 Å². The minimum atomic E-state index is 0.000522. The van der Waals surface area contributed by atoms with E-state index in [2.05, 4.69) is 70.6 Å². The SMILES string of the molecule is C=C(/C=C\C(=C/C)N(/C=C\COCc1ccc(C)cc1)C(=O)CC)OC.CCCC(C)N(C)C. The second kappa shape index (κ2) is 18.8. The fourth-order valence-corrected chi connectivity index (χ4v) is 2.80. The zero-order valence-corrected chi connectivity index (χ0v) is 22.6. The van der Waals surface area contributed by atoms with E-state index in [4.69, 9.17) is 9.47 Å². The number of ether oxygens (including phenoxy) is 2. The average Bonchev–Trinajstić information content (AvgIpc) is 2.83. The van der Waals surface area contributed by atoms with Gasteiger partial charge in [0.1, 0.15) is 5.76 Å². The van der Waals surface area contributed by atoms with Crippen LogP contribution in [0, 0.1) is 6.92 Å². The van der Waals surface area contributed by atoms with Crippen molar-refractivity contribution in [2.24, 2.45) is 0 Å². The number of amides is 1. The Balaban J connectivity index is 0.00000116. The highest BCUT2D eigenvalue weighted by Gasteiger charge is 2.11. The fraction of sp³-hybridized carbons (Fsp3) is 0.483. The normalized spacial score (nSPS) is 12.6. The van der Waals surface area contributed by atoms with Crippen molar-refractivity contribution < 1.29 is 14.3 Å². The van der Waals surface area contributed by atoms with E-state index in [1.54, 1.807) is 30.4 Å². The minimum absolute atomic E-state index is 0.000522. The molecule has 0 radical (unpaired) electrons. The van der Waals surface area contributed by atoms with Crippen LogP contribution in [-0.2, 0) is 20.9 Å². The summed E-state index contributed by atoms with van der Waals surface area (Å²) in [5.74, 6) is 0.527. The maximum Gasteiger partial charge on any atom is 0.230 e. The van der Waals surface area contributed by atoms with E-state index in [0.717, 1.165) is 17.3 Å². The summed E-state index contributed by atoms with van der Waals surface area (Å²) in [6.07, 6.45) is 12.0. The summed E-state index contributed by atoms with van der Waals surface area (Å²) in [6, 6.07) is 8.98. The lowest BCUT2D eigenvalue weighted by Crippen LogP contribution is -2.23. The number of nitrogens with zero attached hydrogens (tertiary/aromatic N) is 2. The number of hydrogen-bond donors (Lipinski definition) is 0. The lowest BCUT2D eigenvalue weighted by molar-refractivity contribution is -0.126. The summed E-state index contributed by atoms with van der Waals surface area (Å²) in [5, 5.41) is 0. The van der Waals surface area contributed by atoms with Crippen LogP contribution < -0.4 is 0 Å². The molecule has 0 aromatic heterocycles. The lowest BCUT2D eigenvalue weighted by atomic mass is 10.2. The molecule has 1 amide bonds. The predicted octanol–water partition coefficient (Wildman–Crippen LogP) is 6.62. The molecular weight excluding hydrogens is 424 g/mol. The molecule has 0 aliphatic carbocycles. The molecule has 1 unspecified atom stereocenters. The van der Waals surface area contributed by atoms with Gasteiger partial charge in [-0.05, 0) is 65.1 Å². The van der Waals surface area contributed by atoms with Gasteiger partial charge in [-0.15, -0.1) is 0 Å². The topological polar surface area (TPSA) is 42.0 Å². The van der Waals surface area contributed by atoms with Gasteiger partial charge in [-0.2, -0.15) is 0 Å². The largest absolute Gasteiger partial charge is 0.497 e. The molecule has 0 aliphatic heterocycles. The van der Waals surface area contributed by atoms with Crippen LogP contribution in [0.25, 0.3) is 0 Å². The molecule has 190 valence electrons. The number of allylic oxidation sites excluding steroid dienone is 3. The number of aryl methyl sites for hydroxylation is 1. The van der Waals surface area contributed by atoms with Gasteiger partial charge in [0.2, 0.25) is 5.91 Å². The van der Waals surface area contributed by atoms with Crippen LogP contribution in [-0.4, -0.2) is 49.6 Å². The fourth-order valence-electron chi connectivity index (χ4n) is 2.80. The summed E-state index contributed by atoms with van der Waals surface area (Å²) in [6.45, 7) is 15.0. The molecule has 1 aromatic rings. The molecule has 0 bridgehead atoms.